The lowest BCUT2D eigenvalue weighted by atomic mass is 10.1. The van der Waals surface area contributed by atoms with Gasteiger partial charge in [0.1, 0.15) is 0 Å². The highest BCUT2D eigenvalue weighted by molar-refractivity contribution is 7.15. The minimum absolute atomic E-state index is 0.151. The maximum atomic E-state index is 13.1. The molecule has 0 N–H and O–H groups in total. The first-order chi connectivity index (χ1) is 19.7. The first-order valence-corrected chi connectivity index (χ1v) is 13.8. The second-order valence-electron chi connectivity index (χ2n) is 9.45. The Morgan fingerprint density at radius 3 is 2.05 bits per heavy atom. The third kappa shape index (κ3) is 4.63. The van der Waals surface area contributed by atoms with E-state index in [1.54, 1.807) is 0 Å². The van der Waals surface area contributed by atoms with Crippen LogP contribution in [0.15, 0.2) is 126 Å². The highest BCUT2D eigenvalue weighted by Crippen LogP contribution is 2.28. The van der Waals surface area contributed by atoms with E-state index in [0.29, 0.717) is 21.7 Å². The zero-order chi connectivity index (χ0) is 26.9. The van der Waals surface area contributed by atoms with Gasteiger partial charge in [-0.15, -0.1) is 5.10 Å². The standard InChI is InChI=1S/C33H23N5OS/c39-32-30(40-33-34-31(36-38(32)33)21-23-10-4-1-5-11-23)20-24-16-18-27(19-17-24)37-29(26-14-8-3-9-15-26)22-28(35-37)25-12-6-2-7-13-25/h1-20,22H,21H2/b30-20-. The Hall–Kier alpha value is -5.14. The summed E-state index contributed by atoms with van der Waals surface area (Å²) in [7, 11) is 0. The van der Waals surface area contributed by atoms with E-state index < -0.39 is 0 Å². The molecule has 0 aliphatic heterocycles. The van der Waals surface area contributed by atoms with E-state index in [2.05, 4.69) is 40.4 Å². The predicted octanol–water partition coefficient (Wildman–Crippen LogP) is 5.81. The summed E-state index contributed by atoms with van der Waals surface area (Å²) in [5.74, 6) is 0.647. The van der Waals surface area contributed by atoms with Crippen LogP contribution in [-0.4, -0.2) is 24.4 Å². The molecule has 0 bridgehead atoms. The summed E-state index contributed by atoms with van der Waals surface area (Å²) >= 11 is 1.36. The Morgan fingerprint density at radius 1 is 0.725 bits per heavy atom. The molecular weight excluding hydrogens is 514 g/mol. The molecule has 0 radical (unpaired) electrons. The van der Waals surface area contributed by atoms with Crippen LogP contribution in [0.5, 0.6) is 0 Å². The van der Waals surface area contributed by atoms with E-state index in [-0.39, 0.29) is 5.56 Å². The molecular formula is C33H23N5OS. The Bertz CT molecular complexity index is 2030. The fraction of sp³-hybridized carbons (Fsp3) is 0.0303. The number of hydrogen-bond donors (Lipinski definition) is 0. The Balaban J connectivity index is 1.21. The van der Waals surface area contributed by atoms with Gasteiger partial charge in [0, 0.05) is 17.5 Å². The van der Waals surface area contributed by atoms with Gasteiger partial charge in [0.05, 0.1) is 21.6 Å². The van der Waals surface area contributed by atoms with Gasteiger partial charge < -0.3 is 0 Å². The van der Waals surface area contributed by atoms with Crippen LogP contribution in [0.25, 0.3) is 39.2 Å². The van der Waals surface area contributed by atoms with Gasteiger partial charge >= 0.3 is 0 Å². The summed E-state index contributed by atoms with van der Waals surface area (Å²) in [5.41, 5.74) is 6.90. The molecule has 7 rings (SSSR count). The molecule has 4 aromatic carbocycles. The zero-order valence-electron chi connectivity index (χ0n) is 21.4. The molecule has 0 atom stereocenters. The molecule has 0 amide bonds. The maximum absolute atomic E-state index is 13.1. The highest BCUT2D eigenvalue weighted by atomic mass is 32.1. The quantitative estimate of drug-likeness (QED) is 0.269. The minimum Gasteiger partial charge on any atom is -0.266 e. The third-order valence-corrected chi connectivity index (χ3v) is 7.67. The normalized spacial score (nSPS) is 11.8. The average molecular weight is 538 g/mol. The summed E-state index contributed by atoms with van der Waals surface area (Å²) in [6, 6.07) is 40.6. The SMILES string of the molecule is O=c1/c(=C/c2ccc(-n3nc(-c4ccccc4)cc3-c3ccccc3)cc2)sc2nc(Cc3ccccc3)nn12. The van der Waals surface area contributed by atoms with E-state index >= 15 is 0 Å². The number of rotatable bonds is 6. The van der Waals surface area contributed by atoms with Gasteiger partial charge in [0.15, 0.2) is 5.82 Å². The third-order valence-electron chi connectivity index (χ3n) is 6.71. The largest absolute Gasteiger partial charge is 0.291 e. The van der Waals surface area contributed by atoms with Crippen LogP contribution < -0.4 is 10.1 Å². The number of nitrogens with zero attached hydrogens (tertiary/aromatic N) is 5. The van der Waals surface area contributed by atoms with Crippen LogP contribution in [0, 0.1) is 0 Å². The van der Waals surface area contributed by atoms with Gasteiger partial charge in [-0.1, -0.05) is 114 Å². The van der Waals surface area contributed by atoms with Crippen LogP contribution >= 0.6 is 11.3 Å². The van der Waals surface area contributed by atoms with E-state index in [1.165, 1.54) is 15.9 Å². The van der Waals surface area contributed by atoms with E-state index in [0.717, 1.165) is 39.3 Å². The van der Waals surface area contributed by atoms with Crippen molar-refractivity contribution in [1.29, 1.82) is 0 Å². The Labute approximate surface area is 234 Å². The molecule has 0 spiro atoms. The molecule has 0 saturated heterocycles. The second kappa shape index (κ2) is 10.2. The van der Waals surface area contributed by atoms with Crippen molar-refractivity contribution in [2.24, 2.45) is 0 Å². The van der Waals surface area contributed by atoms with Crippen molar-refractivity contribution < 1.29 is 0 Å². The van der Waals surface area contributed by atoms with Crippen molar-refractivity contribution in [1.82, 2.24) is 24.4 Å². The van der Waals surface area contributed by atoms with E-state index in [9.17, 15) is 4.79 Å². The van der Waals surface area contributed by atoms with Crippen LogP contribution in [0.3, 0.4) is 0 Å². The molecule has 3 heterocycles. The lowest BCUT2D eigenvalue weighted by Crippen LogP contribution is -2.23. The number of thiazole rings is 1. The van der Waals surface area contributed by atoms with Gasteiger partial charge in [-0.05, 0) is 35.4 Å². The van der Waals surface area contributed by atoms with Crippen molar-refractivity contribution in [3.05, 3.63) is 153 Å². The Morgan fingerprint density at radius 2 is 1.38 bits per heavy atom. The number of hydrogen-bond acceptors (Lipinski definition) is 5. The monoisotopic (exact) mass is 537 g/mol. The van der Waals surface area contributed by atoms with Crippen LogP contribution in [0.2, 0.25) is 0 Å². The van der Waals surface area contributed by atoms with Crippen molar-refractivity contribution in [3.63, 3.8) is 0 Å². The molecule has 40 heavy (non-hydrogen) atoms. The van der Waals surface area contributed by atoms with Crippen LogP contribution in [-0.2, 0) is 6.42 Å². The van der Waals surface area contributed by atoms with Gasteiger partial charge in [0.25, 0.3) is 5.56 Å². The fourth-order valence-electron chi connectivity index (χ4n) is 4.73. The second-order valence-corrected chi connectivity index (χ2v) is 10.5. The molecule has 0 fully saturated rings. The molecule has 0 saturated carbocycles. The van der Waals surface area contributed by atoms with Crippen LogP contribution in [0.4, 0.5) is 0 Å². The number of benzene rings is 4. The highest BCUT2D eigenvalue weighted by Gasteiger charge is 2.14. The molecule has 0 aliphatic rings. The van der Waals surface area contributed by atoms with Crippen LogP contribution in [0.1, 0.15) is 17.0 Å². The van der Waals surface area contributed by atoms with E-state index in [4.69, 9.17) is 5.10 Å². The van der Waals surface area contributed by atoms with Crippen molar-refractivity contribution in [2.75, 3.05) is 0 Å². The number of aromatic nitrogens is 5. The molecule has 0 unspecified atom stereocenters. The molecule has 6 nitrogen and oxygen atoms in total. The first-order valence-electron chi connectivity index (χ1n) is 13.0. The van der Waals surface area contributed by atoms with Crippen molar-refractivity contribution in [2.45, 2.75) is 6.42 Å². The van der Waals surface area contributed by atoms with Crippen molar-refractivity contribution in [3.8, 4) is 28.2 Å². The van der Waals surface area contributed by atoms with Gasteiger partial charge in [-0.3, -0.25) is 4.79 Å². The molecule has 7 aromatic rings. The summed E-state index contributed by atoms with van der Waals surface area (Å²) in [5, 5.41) is 9.41. The van der Waals surface area contributed by atoms with Crippen molar-refractivity contribution >= 4 is 22.4 Å². The molecule has 0 aliphatic carbocycles. The molecule has 3 aromatic heterocycles. The first kappa shape index (κ1) is 23.9. The van der Waals surface area contributed by atoms with Gasteiger partial charge in [-0.25, -0.2) is 9.67 Å². The fourth-order valence-corrected chi connectivity index (χ4v) is 5.66. The number of fused-ring (bicyclic) bond motifs is 1. The predicted molar refractivity (Wildman–Crippen MR) is 160 cm³/mol. The minimum atomic E-state index is -0.151. The molecule has 7 heteroatoms. The summed E-state index contributed by atoms with van der Waals surface area (Å²) in [6.45, 7) is 0. The van der Waals surface area contributed by atoms with E-state index in [1.807, 2.05) is 102 Å². The van der Waals surface area contributed by atoms with Gasteiger partial charge in [-0.2, -0.15) is 9.61 Å². The maximum Gasteiger partial charge on any atom is 0.291 e. The van der Waals surface area contributed by atoms with Gasteiger partial charge in [0.2, 0.25) is 4.96 Å². The summed E-state index contributed by atoms with van der Waals surface area (Å²) in [4.78, 5) is 18.2. The smallest absolute Gasteiger partial charge is 0.266 e. The zero-order valence-corrected chi connectivity index (χ0v) is 22.2. The topological polar surface area (TPSA) is 65.1 Å². The molecule has 192 valence electrons. The Kier molecular flexibility index (Phi) is 6.11. The summed E-state index contributed by atoms with van der Waals surface area (Å²) < 4.78 is 3.98. The average Bonchev–Trinajstić information content (AvgIpc) is 3.70. The lowest BCUT2D eigenvalue weighted by Gasteiger charge is -2.08. The lowest BCUT2D eigenvalue weighted by molar-refractivity contribution is 0.878. The summed E-state index contributed by atoms with van der Waals surface area (Å²) in [6.07, 6.45) is 2.49.